The molecular weight excluding hydrogens is 419 g/mol. The quantitative estimate of drug-likeness (QED) is 0.538. The Labute approximate surface area is 194 Å². The van der Waals surface area contributed by atoms with E-state index < -0.39 is 0 Å². The van der Waals surface area contributed by atoms with Crippen LogP contribution in [0.2, 0.25) is 0 Å². The van der Waals surface area contributed by atoms with Crippen molar-refractivity contribution < 1.29 is 13.9 Å². The molecule has 2 aromatic carbocycles. The summed E-state index contributed by atoms with van der Waals surface area (Å²) < 4.78 is 18.9. The van der Waals surface area contributed by atoms with E-state index in [9.17, 15) is 9.18 Å². The van der Waals surface area contributed by atoms with E-state index in [2.05, 4.69) is 11.0 Å². The van der Waals surface area contributed by atoms with Gasteiger partial charge in [-0.3, -0.25) is 14.6 Å². The third kappa shape index (κ3) is 5.03. The number of rotatable bonds is 7. The first-order chi connectivity index (χ1) is 15.9. The fraction of sp³-hybridized carbons (Fsp3) is 0.346. The van der Waals surface area contributed by atoms with E-state index in [1.807, 2.05) is 33.0 Å². The SMILES string of the molecule is COc1c(C)cccc1CN(C)Cc1nc(C)c2c(n1)N(Cc1ccc(F)cc1)C(=O)CC2. The van der Waals surface area contributed by atoms with Gasteiger partial charge in [-0.25, -0.2) is 14.4 Å². The molecule has 3 aromatic rings. The second kappa shape index (κ2) is 9.67. The Morgan fingerprint density at radius 2 is 1.82 bits per heavy atom. The largest absolute Gasteiger partial charge is 0.496 e. The molecule has 1 aliphatic rings. The number of para-hydroxylation sites is 1. The summed E-state index contributed by atoms with van der Waals surface area (Å²) in [5, 5.41) is 0. The lowest BCUT2D eigenvalue weighted by molar-refractivity contribution is -0.119. The first-order valence-electron chi connectivity index (χ1n) is 11.1. The van der Waals surface area contributed by atoms with Gasteiger partial charge < -0.3 is 4.74 Å². The molecule has 172 valence electrons. The highest BCUT2D eigenvalue weighted by atomic mass is 19.1. The number of aromatic nitrogens is 2. The maximum absolute atomic E-state index is 13.3. The van der Waals surface area contributed by atoms with E-state index >= 15 is 0 Å². The number of anilines is 1. The van der Waals surface area contributed by atoms with Crippen LogP contribution in [0.1, 0.15) is 40.2 Å². The summed E-state index contributed by atoms with van der Waals surface area (Å²) in [4.78, 5) is 26.2. The molecule has 0 radical (unpaired) electrons. The molecule has 0 saturated heterocycles. The molecule has 0 atom stereocenters. The maximum atomic E-state index is 13.3. The molecule has 1 amide bonds. The van der Waals surface area contributed by atoms with Gasteiger partial charge in [0.2, 0.25) is 5.91 Å². The molecule has 0 bridgehead atoms. The number of benzene rings is 2. The van der Waals surface area contributed by atoms with Crippen LogP contribution in [0.3, 0.4) is 0 Å². The minimum atomic E-state index is -0.294. The minimum absolute atomic E-state index is 0.0220. The van der Waals surface area contributed by atoms with Gasteiger partial charge in [-0.1, -0.05) is 30.3 Å². The molecular formula is C26H29FN4O2. The lowest BCUT2D eigenvalue weighted by atomic mass is 10.0. The predicted molar refractivity (Wildman–Crippen MR) is 126 cm³/mol. The number of hydrogen-bond donors (Lipinski definition) is 0. The molecule has 0 spiro atoms. The van der Waals surface area contributed by atoms with Crippen molar-refractivity contribution in [3.63, 3.8) is 0 Å². The molecule has 0 N–H and O–H groups in total. The van der Waals surface area contributed by atoms with Crippen molar-refractivity contribution in [1.82, 2.24) is 14.9 Å². The zero-order valence-electron chi connectivity index (χ0n) is 19.6. The number of fused-ring (bicyclic) bond motifs is 1. The normalized spacial score (nSPS) is 13.4. The molecule has 1 aliphatic heterocycles. The fourth-order valence-electron chi connectivity index (χ4n) is 4.36. The highest BCUT2D eigenvalue weighted by Gasteiger charge is 2.28. The Kier molecular flexibility index (Phi) is 6.70. The smallest absolute Gasteiger partial charge is 0.228 e. The van der Waals surface area contributed by atoms with Gasteiger partial charge in [-0.15, -0.1) is 0 Å². The molecule has 0 aliphatic carbocycles. The number of amides is 1. The zero-order chi connectivity index (χ0) is 23.5. The van der Waals surface area contributed by atoms with E-state index in [4.69, 9.17) is 14.7 Å². The van der Waals surface area contributed by atoms with Crippen molar-refractivity contribution in [1.29, 1.82) is 0 Å². The van der Waals surface area contributed by atoms with Crippen LogP contribution in [0.15, 0.2) is 42.5 Å². The lowest BCUT2D eigenvalue weighted by Gasteiger charge is -2.30. The fourth-order valence-corrected chi connectivity index (χ4v) is 4.36. The van der Waals surface area contributed by atoms with Crippen molar-refractivity contribution in [2.24, 2.45) is 0 Å². The number of hydrogen-bond acceptors (Lipinski definition) is 5. The van der Waals surface area contributed by atoms with Crippen LogP contribution < -0.4 is 9.64 Å². The number of nitrogens with zero attached hydrogens (tertiary/aromatic N) is 4. The van der Waals surface area contributed by atoms with Crippen molar-refractivity contribution in [2.75, 3.05) is 19.1 Å². The third-order valence-corrected chi connectivity index (χ3v) is 5.99. The molecule has 6 nitrogen and oxygen atoms in total. The first-order valence-corrected chi connectivity index (χ1v) is 11.1. The topological polar surface area (TPSA) is 58.6 Å². The zero-order valence-corrected chi connectivity index (χ0v) is 19.6. The number of ether oxygens (including phenoxy) is 1. The van der Waals surface area contributed by atoms with E-state index in [1.165, 1.54) is 12.1 Å². The van der Waals surface area contributed by atoms with Crippen LogP contribution in [0.4, 0.5) is 10.2 Å². The summed E-state index contributed by atoms with van der Waals surface area (Å²) in [7, 11) is 3.70. The van der Waals surface area contributed by atoms with Gasteiger partial charge in [-0.2, -0.15) is 0 Å². The summed E-state index contributed by atoms with van der Waals surface area (Å²) in [5.74, 6) is 1.95. The van der Waals surface area contributed by atoms with Gasteiger partial charge >= 0.3 is 0 Å². The second-order valence-electron chi connectivity index (χ2n) is 8.57. The highest BCUT2D eigenvalue weighted by molar-refractivity contribution is 5.95. The van der Waals surface area contributed by atoms with E-state index in [1.54, 1.807) is 24.1 Å². The van der Waals surface area contributed by atoms with Crippen LogP contribution in [0.25, 0.3) is 0 Å². The average Bonchev–Trinajstić information content (AvgIpc) is 2.77. The standard InChI is InChI=1S/C26H29FN4O2/c1-17-6-5-7-20(25(17)33-4)15-30(3)16-23-28-18(2)22-12-13-24(32)31(26(22)29-23)14-19-8-10-21(27)11-9-19/h5-11H,12-16H2,1-4H3. The van der Waals surface area contributed by atoms with Gasteiger partial charge in [0.05, 0.1) is 20.2 Å². The van der Waals surface area contributed by atoms with Crippen LogP contribution in [0.5, 0.6) is 5.75 Å². The van der Waals surface area contributed by atoms with Gasteiger partial charge in [0.25, 0.3) is 0 Å². The molecule has 0 unspecified atom stereocenters. The Morgan fingerprint density at radius 1 is 1.06 bits per heavy atom. The van der Waals surface area contributed by atoms with Crippen molar-refractivity contribution in [3.05, 3.63) is 82.1 Å². The highest BCUT2D eigenvalue weighted by Crippen LogP contribution is 2.30. The minimum Gasteiger partial charge on any atom is -0.496 e. The number of carbonyl (C=O) groups is 1. The Morgan fingerprint density at radius 3 is 2.55 bits per heavy atom. The van der Waals surface area contributed by atoms with E-state index in [0.29, 0.717) is 44.1 Å². The van der Waals surface area contributed by atoms with Crippen molar-refractivity contribution >= 4 is 11.7 Å². The van der Waals surface area contributed by atoms with Crippen LogP contribution in [-0.4, -0.2) is 34.9 Å². The maximum Gasteiger partial charge on any atom is 0.228 e. The van der Waals surface area contributed by atoms with Gasteiger partial charge in [-0.05, 0) is 50.6 Å². The summed E-state index contributed by atoms with van der Waals surface area (Å²) in [6.07, 6.45) is 1.06. The molecule has 0 fully saturated rings. The van der Waals surface area contributed by atoms with Gasteiger partial charge in [0.15, 0.2) is 0 Å². The Balaban J connectivity index is 1.58. The van der Waals surface area contributed by atoms with Gasteiger partial charge in [0, 0.05) is 29.8 Å². The molecule has 1 aromatic heterocycles. The van der Waals surface area contributed by atoms with E-state index in [0.717, 1.165) is 33.7 Å². The molecule has 4 rings (SSSR count). The van der Waals surface area contributed by atoms with Crippen LogP contribution in [0, 0.1) is 19.7 Å². The van der Waals surface area contributed by atoms with Gasteiger partial charge in [0.1, 0.15) is 23.2 Å². The lowest BCUT2D eigenvalue weighted by Crippen LogP contribution is -2.36. The van der Waals surface area contributed by atoms with Crippen molar-refractivity contribution in [3.8, 4) is 5.75 Å². The number of methoxy groups -OCH3 is 1. The number of halogens is 1. The molecule has 7 heteroatoms. The molecule has 2 heterocycles. The molecule has 33 heavy (non-hydrogen) atoms. The van der Waals surface area contributed by atoms with Crippen LogP contribution >= 0.6 is 0 Å². The summed E-state index contributed by atoms with van der Waals surface area (Å²) in [5.41, 5.74) is 4.96. The summed E-state index contributed by atoms with van der Waals surface area (Å²) >= 11 is 0. The third-order valence-electron chi connectivity index (χ3n) is 5.99. The van der Waals surface area contributed by atoms with E-state index in [-0.39, 0.29) is 11.7 Å². The first kappa shape index (κ1) is 22.9. The summed E-state index contributed by atoms with van der Waals surface area (Å²) in [6.45, 7) is 5.58. The average molecular weight is 449 g/mol. The monoisotopic (exact) mass is 448 g/mol. The van der Waals surface area contributed by atoms with Crippen molar-refractivity contribution in [2.45, 2.75) is 46.3 Å². The summed E-state index contributed by atoms with van der Waals surface area (Å²) in [6, 6.07) is 12.4. The molecule has 0 saturated carbocycles. The number of aryl methyl sites for hydroxylation is 2. The van der Waals surface area contributed by atoms with Crippen LogP contribution in [-0.2, 0) is 30.8 Å². The Bertz CT molecular complexity index is 1160. The number of carbonyl (C=O) groups excluding carboxylic acids is 1. The second-order valence-corrected chi connectivity index (χ2v) is 8.57. The Hall–Kier alpha value is -3.32. The predicted octanol–water partition coefficient (Wildman–Crippen LogP) is 4.35.